The average Bonchev–Trinajstić information content (AvgIpc) is 2.25. The summed E-state index contributed by atoms with van der Waals surface area (Å²) in [5.74, 6) is -1.30. The fourth-order valence-corrected chi connectivity index (χ4v) is 1.85. The van der Waals surface area contributed by atoms with E-state index in [4.69, 9.17) is 0 Å². The van der Waals surface area contributed by atoms with Gasteiger partial charge in [0, 0.05) is 6.07 Å². The zero-order valence-corrected chi connectivity index (χ0v) is 9.23. The van der Waals surface area contributed by atoms with Gasteiger partial charge in [0.25, 0.3) is 5.69 Å². The van der Waals surface area contributed by atoms with Crippen molar-refractivity contribution in [3.8, 4) is 0 Å². The summed E-state index contributed by atoms with van der Waals surface area (Å²) < 4.78 is 38.6. The Morgan fingerprint density at radius 2 is 2.06 bits per heavy atom. The van der Waals surface area contributed by atoms with Crippen molar-refractivity contribution in [1.82, 2.24) is 0 Å². The van der Waals surface area contributed by atoms with E-state index in [2.05, 4.69) is 4.74 Å². The average molecular weight is 263 g/mol. The first kappa shape index (κ1) is 13.0. The molecule has 0 aromatic heterocycles. The molecule has 0 fully saturated rings. The molecule has 0 atom stereocenters. The van der Waals surface area contributed by atoms with Gasteiger partial charge < -0.3 is 4.74 Å². The Morgan fingerprint density at radius 3 is 2.47 bits per heavy atom. The van der Waals surface area contributed by atoms with Crippen molar-refractivity contribution in [1.29, 1.82) is 0 Å². The Labute approximate surface area is 95.2 Å². The summed E-state index contributed by atoms with van der Waals surface area (Å²) in [4.78, 5) is 19.8. The highest BCUT2D eigenvalue weighted by molar-refractivity contribution is 7.86. The first-order valence-electron chi connectivity index (χ1n) is 4.09. The molecular weight excluding hydrogens is 257 g/mol. The number of halogens is 1. The van der Waals surface area contributed by atoms with Crippen LogP contribution in [-0.4, -0.2) is 26.4 Å². The molecule has 9 heteroatoms. The Bertz CT molecular complexity index is 582. The summed E-state index contributed by atoms with van der Waals surface area (Å²) in [6, 6.07) is 2.58. The Morgan fingerprint density at radius 1 is 1.47 bits per heavy atom. The van der Waals surface area contributed by atoms with E-state index in [1.807, 2.05) is 0 Å². The molecule has 0 aliphatic heterocycles. The first-order chi connectivity index (χ1) is 7.79. The molecule has 7 nitrogen and oxygen atoms in total. The van der Waals surface area contributed by atoms with Gasteiger partial charge in [-0.1, -0.05) is 6.07 Å². The number of ether oxygens (including phenoxy) is 1. The molecule has 0 unspecified atom stereocenters. The van der Waals surface area contributed by atoms with Crippen LogP contribution in [0.15, 0.2) is 23.1 Å². The minimum atomic E-state index is -5.25. The summed E-state index contributed by atoms with van der Waals surface area (Å²) in [5.41, 5.74) is -1.77. The fourth-order valence-electron chi connectivity index (χ4n) is 1.18. The number of carbonyl (C=O) groups excluding carboxylic acids is 1. The number of methoxy groups -OCH3 is 1. The van der Waals surface area contributed by atoms with Gasteiger partial charge in [0.15, 0.2) is 5.56 Å². The van der Waals surface area contributed by atoms with E-state index in [1.54, 1.807) is 0 Å². The topological polar surface area (TPSA) is 104 Å². The SMILES string of the molecule is COC(=O)c1c([N+](=O)[O-])cccc1S(=O)(=O)F. The van der Waals surface area contributed by atoms with Crippen molar-refractivity contribution in [3.05, 3.63) is 33.9 Å². The summed E-state index contributed by atoms with van der Waals surface area (Å²) in [7, 11) is -4.35. The monoisotopic (exact) mass is 263 g/mol. The highest BCUT2D eigenvalue weighted by atomic mass is 32.3. The van der Waals surface area contributed by atoms with Crippen LogP contribution in [0.4, 0.5) is 9.57 Å². The number of hydrogen-bond acceptors (Lipinski definition) is 6. The molecule has 0 saturated heterocycles. The second-order valence-electron chi connectivity index (χ2n) is 2.84. The molecule has 1 rings (SSSR count). The quantitative estimate of drug-likeness (QED) is 0.349. The van der Waals surface area contributed by atoms with E-state index in [-0.39, 0.29) is 0 Å². The Kier molecular flexibility index (Phi) is 3.42. The van der Waals surface area contributed by atoms with Crippen LogP contribution >= 0.6 is 0 Å². The maximum absolute atomic E-state index is 12.9. The summed E-state index contributed by atoms with van der Waals surface area (Å²) in [6.45, 7) is 0. The number of esters is 1. The number of nitrogens with zero attached hydrogens (tertiary/aromatic N) is 1. The third-order valence-electron chi connectivity index (χ3n) is 1.85. The van der Waals surface area contributed by atoms with Crippen molar-refractivity contribution >= 4 is 21.9 Å². The molecule has 17 heavy (non-hydrogen) atoms. The van der Waals surface area contributed by atoms with Gasteiger partial charge in [-0.3, -0.25) is 10.1 Å². The van der Waals surface area contributed by atoms with Crippen LogP contribution < -0.4 is 0 Å². The molecule has 0 radical (unpaired) electrons. The molecule has 0 aliphatic carbocycles. The number of carbonyl (C=O) groups is 1. The zero-order valence-electron chi connectivity index (χ0n) is 8.41. The van der Waals surface area contributed by atoms with Gasteiger partial charge in [-0.25, -0.2) is 4.79 Å². The van der Waals surface area contributed by atoms with Gasteiger partial charge in [-0.05, 0) is 6.07 Å². The number of hydrogen-bond donors (Lipinski definition) is 0. The summed E-state index contributed by atoms with van der Waals surface area (Å²) in [6.07, 6.45) is 0. The van der Waals surface area contributed by atoms with E-state index in [1.165, 1.54) is 0 Å². The minimum Gasteiger partial charge on any atom is -0.465 e. The van der Waals surface area contributed by atoms with Gasteiger partial charge in [0.05, 0.1) is 12.0 Å². The predicted octanol–water partition coefficient (Wildman–Crippen LogP) is 1.04. The molecule has 0 spiro atoms. The van der Waals surface area contributed by atoms with Crippen molar-refractivity contribution in [3.63, 3.8) is 0 Å². The third kappa shape index (κ3) is 2.56. The van der Waals surface area contributed by atoms with Crippen molar-refractivity contribution in [2.24, 2.45) is 0 Å². The van der Waals surface area contributed by atoms with Crippen LogP contribution in [0, 0.1) is 10.1 Å². The minimum absolute atomic E-state index is 0.745. The smallest absolute Gasteiger partial charge is 0.346 e. The van der Waals surface area contributed by atoms with Crippen LogP contribution in [0.3, 0.4) is 0 Å². The van der Waals surface area contributed by atoms with Gasteiger partial charge in [0.1, 0.15) is 4.90 Å². The van der Waals surface area contributed by atoms with Gasteiger partial charge in [0.2, 0.25) is 0 Å². The van der Waals surface area contributed by atoms with Crippen molar-refractivity contribution in [2.75, 3.05) is 7.11 Å². The summed E-state index contributed by atoms with van der Waals surface area (Å²) in [5, 5.41) is 10.6. The second kappa shape index (κ2) is 4.45. The fraction of sp³-hybridized carbons (Fsp3) is 0.125. The van der Waals surface area contributed by atoms with Crippen LogP contribution in [0.2, 0.25) is 0 Å². The molecule has 1 aromatic carbocycles. The molecule has 0 aliphatic rings. The van der Waals surface area contributed by atoms with Crippen molar-refractivity contribution < 1.29 is 26.8 Å². The lowest BCUT2D eigenvalue weighted by Crippen LogP contribution is -2.11. The highest BCUT2D eigenvalue weighted by Crippen LogP contribution is 2.27. The highest BCUT2D eigenvalue weighted by Gasteiger charge is 2.30. The predicted molar refractivity (Wildman–Crippen MR) is 52.7 cm³/mol. The lowest BCUT2D eigenvalue weighted by molar-refractivity contribution is -0.385. The van der Waals surface area contributed by atoms with Crippen LogP contribution in [0.5, 0.6) is 0 Å². The van der Waals surface area contributed by atoms with E-state index >= 15 is 0 Å². The largest absolute Gasteiger partial charge is 0.465 e. The van der Waals surface area contributed by atoms with Gasteiger partial charge >= 0.3 is 16.2 Å². The molecule has 0 bridgehead atoms. The van der Waals surface area contributed by atoms with E-state index in [0.29, 0.717) is 0 Å². The molecule has 1 aromatic rings. The number of rotatable bonds is 3. The Balaban J connectivity index is 3.69. The Hall–Kier alpha value is -2.03. The maximum atomic E-state index is 12.9. The van der Waals surface area contributed by atoms with Crippen molar-refractivity contribution in [2.45, 2.75) is 4.90 Å². The molecular formula is C8H6FNO6S. The van der Waals surface area contributed by atoms with E-state index < -0.39 is 37.3 Å². The lowest BCUT2D eigenvalue weighted by Gasteiger charge is -2.04. The molecule has 0 N–H and O–H groups in total. The molecule has 0 saturated carbocycles. The molecule has 92 valence electrons. The zero-order chi connectivity index (χ0) is 13.2. The van der Waals surface area contributed by atoms with E-state index in [9.17, 15) is 27.2 Å². The number of benzene rings is 1. The first-order valence-corrected chi connectivity index (χ1v) is 5.47. The number of nitro groups is 1. The normalized spacial score (nSPS) is 10.9. The molecule has 0 amide bonds. The van der Waals surface area contributed by atoms with Gasteiger partial charge in [-0.2, -0.15) is 8.42 Å². The number of nitro benzene ring substituents is 1. The lowest BCUT2D eigenvalue weighted by atomic mass is 10.2. The maximum Gasteiger partial charge on any atom is 0.346 e. The third-order valence-corrected chi connectivity index (χ3v) is 2.72. The summed E-state index contributed by atoms with van der Waals surface area (Å²) >= 11 is 0. The second-order valence-corrected chi connectivity index (χ2v) is 4.15. The van der Waals surface area contributed by atoms with Crippen LogP contribution in [0.25, 0.3) is 0 Å². The standard InChI is InChI=1S/C8H6FNO6S/c1-16-8(11)7-5(10(12)13)3-2-4-6(7)17(9,14)15/h2-4H,1H3. The van der Waals surface area contributed by atoms with Crippen LogP contribution in [0.1, 0.15) is 10.4 Å². The van der Waals surface area contributed by atoms with Gasteiger partial charge in [-0.15, -0.1) is 3.89 Å². The van der Waals surface area contributed by atoms with E-state index in [0.717, 1.165) is 25.3 Å². The molecule has 0 heterocycles. The van der Waals surface area contributed by atoms with Crippen LogP contribution in [-0.2, 0) is 15.0 Å².